The lowest BCUT2D eigenvalue weighted by Gasteiger charge is -2.05. The molecule has 1 aromatic heterocycles. The van der Waals surface area contributed by atoms with Gasteiger partial charge in [0.05, 0.1) is 11.2 Å². The molecule has 90 valence electrons. The van der Waals surface area contributed by atoms with Gasteiger partial charge in [-0.3, -0.25) is 4.68 Å². The Kier molecular flexibility index (Phi) is 2.59. The highest BCUT2D eigenvalue weighted by Crippen LogP contribution is 2.23. The number of fused-ring (bicyclic) bond motifs is 1. The molecule has 1 aliphatic rings. The van der Waals surface area contributed by atoms with Gasteiger partial charge in [-0.25, -0.2) is 4.39 Å². The van der Waals surface area contributed by atoms with Gasteiger partial charge in [0, 0.05) is 12.4 Å². The molecule has 1 fully saturated rings. The van der Waals surface area contributed by atoms with Crippen molar-refractivity contribution in [2.45, 2.75) is 12.8 Å². The number of aromatic nitrogens is 2. The highest BCUT2D eigenvalue weighted by Gasteiger charge is 2.18. The lowest BCUT2D eigenvalue weighted by molar-refractivity contribution is 0.567. The molecule has 3 nitrogen and oxygen atoms in total. The van der Waals surface area contributed by atoms with E-state index in [9.17, 15) is 4.39 Å². The molecule has 0 amide bonds. The number of benzene rings is 1. The van der Waals surface area contributed by atoms with E-state index in [4.69, 9.17) is 0 Å². The van der Waals surface area contributed by atoms with Crippen molar-refractivity contribution in [1.82, 2.24) is 15.1 Å². The fourth-order valence-electron chi connectivity index (χ4n) is 2.62. The van der Waals surface area contributed by atoms with Crippen LogP contribution in [0.3, 0.4) is 0 Å². The van der Waals surface area contributed by atoms with Gasteiger partial charge in [-0.05, 0) is 50.0 Å². The minimum atomic E-state index is -0.199. The largest absolute Gasteiger partial charge is 0.316 e. The molecule has 1 aromatic carbocycles. The first-order valence-electron chi connectivity index (χ1n) is 6.06. The zero-order valence-electron chi connectivity index (χ0n) is 9.91. The summed E-state index contributed by atoms with van der Waals surface area (Å²) in [6.45, 7) is 2.17. The van der Waals surface area contributed by atoms with Crippen molar-refractivity contribution in [3.05, 3.63) is 29.7 Å². The smallest absolute Gasteiger partial charge is 0.125 e. The molecule has 2 aromatic rings. The minimum Gasteiger partial charge on any atom is -0.316 e. The molecule has 1 N–H and O–H groups in total. The van der Waals surface area contributed by atoms with Crippen LogP contribution in [0, 0.1) is 11.7 Å². The zero-order valence-corrected chi connectivity index (χ0v) is 9.91. The molecule has 1 unspecified atom stereocenters. The molecular formula is C13H16FN3. The number of rotatable bonds is 2. The Balaban J connectivity index is 1.98. The van der Waals surface area contributed by atoms with E-state index in [2.05, 4.69) is 10.4 Å². The molecule has 0 bridgehead atoms. The summed E-state index contributed by atoms with van der Waals surface area (Å²) in [6, 6.07) is 4.91. The molecule has 0 aliphatic carbocycles. The molecule has 4 heteroatoms. The first-order valence-corrected chi connectivity index (χ1v) is 6.06. The second kappa shape index (κ2) is 4.11. The van der Waals surface area contributed by atoms with Gasteiger partial charge in [0.1, 0.15) is 5.82 Å². The number of hydrogen-bond acceptors (Lipinski definition) is 2. The zero-order chi connectivity index (χ0) is 11.8. The van der Waals surface area contributed by atoms with E-state index in [-0.39, 0.29) is 5.82 Å². The van der Waals surface area contributed by atoms with Crippen molar-refractivity contribution < 1.29 is 4.39 Å². The lowest BCUT2D eigenvalue weighted by atomic mass is 10.0. The Morgan fingerprint density at radius 2 is 2.41 bits per heavy atom. The predicted octanol–water partition coefficient (Wildman–Crippen LogP) is 1.86. The predicted molar refractivity (Wildman–Crippen MR) is 65.4 cm³/mol. The van der Waals surface area contributed by atoms with Crippen LogP contribution in [0.15, 0.2) is 18.2 Å². The van der Waals surface area contributed by atoms with Crippen LogP contribution < -0.4 is 5.32 Å². The monoisotopic (exact) mass is 233 g/mol. The van der Waals surface area contributed by atoms with Crippen LogP contribution in [-0.2, 0) is 13.5 Å². The first kappa shape index (κ1) is 10.7. The molecule has 17 heavy (non-hydrogen) atoms. The first-order chi connectivity index (χ1) is 8.24. The van der Waals surface area contributed by atoms with Gasteiger partial charge in [0.15, 0.2) is 0 Å². The normalized spacial score (nSPS) is 20.2. The van der Waals surface area contributed by atoms with Gasteiger partial charge in [0.25, 0.3) is 0 Å². The molecule has 0 spiro atoms. The van der Waals surface area contributed by atoms with Crippen LogP contribution >= 0.6 is 0 Å². The Bertz CT molecular complexity index is 541. The Labute approximate surface area is 99.6 Å². The van der Waals surface area contributed by atoms with E-state index < -0.39 is 0 Å². The third-order valence-corrected chi connectivity index (χ3v) is 3.53. The van der Waals surface area contributed by atoms with Crippen LogP contribution in [0.1, 0.15) is 12.1 Å². The fraction of sp³-hybridized carbons (Fsp3) is 0.462. The van der Waals surface area contributed by atoms with Gasteiger partial charge in [-0.2, -0.15) is 5.10 Å². The number of hydrogen-bond donors (Lipinski definition) is 1. The minimum absolute atomic E-state index is 0.199. The third kappa shape index (κ3) is 1.93. The van der Waals surface area contributed by atoms with E-state index in [0.29, 0.717) is 5.92 Å². The molecule has 1 saturated heterocycles. The van der Waals surface area contributed by atoms with E-state index in [1.807, 2.05) is 13.1 Å². The SMILES string of the molecule is Cn1nc(CC2CCNC2)c2ccc(F)cc21. The highest BCUT2D eigenvalue weighted by atomic mass is 19.1. The second-order valence-corrected chi connectivity index (χ2v) is 4.79. The Morgan fingerprint density at radius 1 is 1.53 bits per heavy atom. The summed E-state index contributed by atoms with van der Waals surface area (Å²) in [4.78, 5) is 0. The number of halogens is 1. The summed E-state index contributed by atoms with van der Waals surface area (Å²) >= 11 is 0. The van der Waals surface area contributed by atoms with Gasteiger partial charge in [0.2, 0.25) is 0 Å². The summed E-state index contributed by atoms with van der Waals surface area (Å²) in [7, 11) is 1.87. The van der Waals surface area contributed by atoms with Gasteiger partial charge in [-0.15, -0.1) is 0 Å². The van der Waals surface area contributed by atoms with Gasteiger partial charge in [-0.1, -0.05) is 0 Å². The fourth-order valence-corrected chi connectivity index (χ4v) is 2.62. The maximum Gasteiger partial charge on any atom is 0.125 e. The molecule has 1 aliphatic heterocycles. The Hall–Kier alpha value is -1.42. The van der Waals surface area contributed by atoms with Crippen molar-refractivity contribution in [1.29, 1.82) is 0 Å². The van der Waals surface area contributed by atoms with Gasteiger partial charge >= 0.3 is 0 Å². The maximum absolute atomic E-state index is 13.2. The average molecular weight is 233 g/mol. The van der Waals surface area contributed by atoms with E-state index in [1.54, 1.807) is 10.7 Å². The standard InChI is InChI=1S/C13H16FN3/c1-17-13-7-10(14)2-3-11(13)12(16-17)6-9-4-5-15-8-9/h2-3,7,9,15H,4-6,8H2,1H3. The summed E-state index contributed by atoms with van der Waals surface area (Å²) in [5, 5.41) is 8.96. The van der Waals surface area contributed by atoms with Crippen molar-refractivity contribution >= 4 is 10.9 Å². The molecule has 3 rings (SSSR count). The molecular weight excluding hydrogens is 217 g/mol. The van der Waals surface area contributed by atoms with E-state index >= 15 is 0 Å². The van der Waals surface area contributed by atoms with Crippen molar-refractivity contribution in [3.63, 3.8) is 0 Å². The molecule has 0 radical (unpaired) electrons. The number of nitrogens with one attached hydrogen (secondary N) is 1. The molecule has 1 atom stereocenters. The van der Waals surface area contributed by atoms with Crippen LogP contribution in [0.5, 0.6) is 0 Å². The van der Waals surface area contributed by atoms with E-state index in [0.717, 1.165) is 36.1 Å². The molecule has 2 heterocycles. The van der Waals surface area contributed by atoms with Crippen LogP contribution in [0.2, 0.25) is 0 Å². The summed E-state index contributed by atoms with van der Waals surface area (Å²) < 4.78 is 15.0. The topological polar surface area (TPSA) is 29.9 Å². The van der Waals surface area contributed by atoms with Crippen molar-refractivity contribution in [2.75, 3.05) is 13.1 Å². The second-order valence-electron chi connectivity index (χ2n) is 4.79. The highest BCUT2D eigenvalue weighted by molar-refractivity contribution is 5.82. The lowest BCUT2D eigenvalue weighted by Crippen LogP contribution is -2.11. The number of aryl methyl sites for hydroxylation is 1. The van der Waals surface area contributed by atoms with Gasteiger partial charge < -0.3 is 5.32 Å². The van der Waals surface area contributed by atoms with E-state index in [1.165, 1.54) is 12.5 Å². The van der Waals surface area contributed by atoms with Crippen LogP contribution in [0.4, 0.5) is 4.39 Å². The summed E-state index contributed by atoms with van der Waals surface area (Å²) in [5.41, 5.74) is 1.97. The quantitative estimate of drug-likeness (QED) is 0.858. The third-order valence-electron chi connectivity index (χ3n) is 3.53. The summed E-state index contributed by atoms with van der Waals surface area (Å²) in [5.74, 6) is 0.465. The van der Waals surface area contributed by atoms with Crippen molar-refractivity contribution in [2.24, 2.45) is 13.0 Å². The molecule has 0 saturated carbocycles. The summed E-state index contributed by atoms with van der Waals surface area (Å²) in [6.07, 6.45) is 2.19. The van der Waals surface area contributed by atoms with Crippen molar-refractivity contribution in [3.8, 4) is 0 Å². The van der Waals surface area contributed by atoms with Crippen LogP contribution in [-0.4, -0.2) is 22.9 Å². The number of nitrogens with zero attached hydrogens (tertiary/aromatic N) is 2. The average Bonchev–Trinajstić information content (AvgIpc) is 2.89. The maximum atomic E-state index is 13.2. The van der Waals surface area contributed by atoms with Crippen LogP contribution in [0.25, 0.3) is 10.9 Å². The Morgan fingerprint density at radius 3 is 3.18 bits per heavy atom.